The second-order valence-electron chi connectivity index (χ2n) is 8.64. The van der Waals surface area contributed by atoms with Crippen LogP contribution < -0.4 is 14.2 Å². The standard InChI is InChI=1S/C27H32N2O5S/c1-3-28-35(31,32)27-11-7-4-8-22(27)21-14-16-29(17-15-21)19-20-12-13-23(30)26(18-20)34-25-10-6-5-9-24(25)33-2/h4-13,18,21,28,30H,3,14-17,19H2,1-2H3. The summed E-state index contributed by atoms with van der Waals surface area (Å²) in [4.78, 5) is 2.73. The van der Waals surface area contributed by atoms with Crippen molar-refractivity contribution in [3.05, 3.63) is 77.9 Å². The Morgan fingerprint density at radius 2 is 1.66 bits per heavy atom. The molecule has 0 atom stereocenters. The number of piperidine rings is 1. The molecule has 1 aliphatic heterocycles. The van der Waals surface area contributed by atoms with E-state index >= 15 is 0 Å². The molecule has 1 saturated heterocycles. The van der Waals surface area contributed by atoms with Gasteiger partial charge in [0.05, 0.1) is 12.0 Å². The van der Waals surface area contributed by atoms with Gasteiger partial charge in [0.25, 0.3) is 0 Å². The van der Waals surface area contributed by atoms with E-state index in [0.29, 0.717) is 35.2 Å². The molecular weight excluding hydrogens is 464 g/mol. The largest absolute Gasteiger partial charge is 0.504 e. The van der Waals surface area contributed by atoms with Crippen molar-refractivity contribution in [2.24, 2.45) is 0 Å². The van der Waals surface area contributed by atoms with Crippen LogP contribution in [-0.4, -0.2) is 45.2 Å². The number of sulfonamides is 1. The minimum atomic E-state index is -3.50. The minimum absolute atomic E-state index is 0.0665. The summed E-state index contributed by atoms with van der Waals surface area (Å²) in [6.45, 7) is 4.57. The normalized spacial score (nSPS) is 15.1. The molecule has 0 unspecified atom stereocenters. The predicted octanol–water partition coefficient (Wildman–Crippen LogP) is 4.87. The number of likely N-dealkylation sites (tertiary alicyclic amines) is 1. The van der Waals surface area contributed by atoms with Gasteiger partial charge in [-0.15, -0.1) is 0 Å². The summed E-state index contributed by atoms with van der Waals surface area (Å²) in [5, 5.41) is 10.3. The van der Waals surface area contributed by atoms with Gasteiger partial charge in [0.15, 0.2) is 23.0 Å². The number of hydrogen-bond acceptors (Lipinski definition) is 6. The molecule has 0 spiro atoms. The van der Waals surface area contributed by atoms with Gasteiger partial charge in [0.1, 0.15) is 0 Å². The number of hydrogen-bond donors (Lipinski definition) is 2. The monoisotopic (exact) mass is 496 g/mol. The lowest BCUT2D eigenvalue weighted by Gasteiger charge is -2.33. The Hall–Kier alpha value is -3.07. The number of phenolic OH excluding ortho intramolecular Hbond substituents is 1. The van der Waals surface area contributed by atoms with Gasteiger partial charge in [-0.2, -0.15) is 0 Å². The van der Waals surface area contributed by atoms with E-state index in [1.807, 2.05) is 42.5 Å². The highest BCUT2D eigenvalue weighted by Gasteiger charge is 2.26. The van der Waals surface area contributed by atoms with E-state index in [1.54, 1.807) is 38.3 Å². The smallest absolute Gasteiger partial charge is 0.240 e. The maximum Gasteiger partial charge on any atom is 0.240 e. The van der Waals surface area contributed by atoms with Crippen LogP contribution in [0.1, 0.15) is 36.8 Å². The van der Waals surface area contributed by atoms with Crippen LogP contribution in [0.25, 0.3) is 0 Å². The van der Waals surface area contributed by atoms with E-state index in [1.165, 1.54) is 0 Å². The Labute approximate surface area is 207 Å². The molecule has 1 fully saturated rings. The molecule has 8 heteroatoms. The first-order valence-corrected chi connectivity index (χ1v) is 13.3. The summed E-state index contributed by atoms with van der Waals surface area (Å²) in [5.74, 6) is 1.77. The SMILES string of the molecule is CCNS(=O)(=O)c1ccccc1C1CCN(Cc2ccc(O)c(Oc3ccccc3OC)c2)CC1. The van der Waals surface area contributed by atoms with Gasteiger partial charge in [-0.1, -0.05) is 43.3 Å². The lowest BCUT2D eigenvalue weighted by atomic mass is 9.89. The van der Waals surface area contributed by atoms with E-state index in [2.05, 4.69) is 9.62 Å². The maximum absolute atomic E-state index is 12.7. The average molecular weight is 497 g/mol. The molecule has 2 N–H and O–H groups in total. The highest BCUT2D eigenvalue weighted by molar-refractivity contribution is 7.89. The molecule has 3 aromatic carbocycles. The van der Waals surface area contributed by atoms with E-state index < -0.39 is 10.0 Å². The fraction of sp³-hybridized carbons (Fsp3) is 0.333. The Balaban J connectivity index is 1.43. The van der Waals surface area contributed by atoms with Gasteiger partial charge in [-0.3, -0.25) is 4.90 Å². The van der Waals surface area contributed by atoms with E-state index in [9.17, 15) is 13.5 Å². The Bertz CT molecular complexity index is 1250. The number of phenols is 1. The highest BCUT2D eigenvalue weighted by atomic mass is 32.2. The lowest BCUT2D eigenvalue weighted by Crippen LogP contribution is -2.33. The number of ether oxygens (including phenoxy) is 2. The van der Waals surface area contributed by atoms with Crippen LogP contribution in [0.5, 0.6) is 23.0 Å². The first-order valence-electron chi connectivity index (χ1n) is 11.8. The van der Waals surface area contributed by atoms with Crippen molar-refractivity contribution < 1.29 is 23.0 Å². The number of methoxy groups -OCH3 is 1. The van der Waals surface area contributed by atoms with E-state index in [4.69, 9.17) is 9.47 Å². The molecule has 4 rings (SSSR count). The van der Waals surface area contributed by atoms with Crippen LogP contribution in [0.4, 0.5) is 0 Å². The molecule has 186 valence electrons. The first kappa shape index (κ1) is 25.0. The zero-order valence-corrected chi connectivity index (χ0v) is 20.9. The molecule has 7 nitrogen and oxygen atoms in total. The van der Waals surface area contributed by atoms with Crippen LogP contribution in [0.15, 0.2) is 71.6 Å². The van der Waals surface area contributed by atoms with Crippen LogP contribution in [0.3, 0.4) is 0 Å². The van der Waals surface area contributed by atoms with Crippen molar-refractivity contribution in [1.29, 1.82) is 0 Å². The van der Waals surface area contributed by atoms with Gasteiger partial charge >= 0.3 is 0 Å². The zero-order valence-electron chi connectivity index (χ0n) is 20.1. The quantitative estimate of drug-likeness (QED) is 0.439. The molecule has 0 saturated carbocycles. The second-order valence-corrected chi connectivity index (χ2v) is 10.4. The van der Waals surface area contributed by atoms with Crippen molar-refractivity contribution in [3.63, 3.8) is 0 Å². The van der Waals surface area contributed by atoms with Crippen molar-refractivity contribution in [2.75, 3.05) is 26.7 Å². The lowest BCUT2D eigenvalue weighted by molar-refractivity contribution is 0.203. The van der Waals surface area contributed by atoms with Crippen LogP contribution in [-0.2, 0) is 16.6 Å². The Morgan fingerprint density at radius 1 is 0.971 bits per heavy atom. The number of para-hydroxylation sites is 2. The van der Waals surface area contributed by atoms with Gasteiger partial charge in [0.2, 0.25) is 10.0 Å². The molecule has 0 aliphatic carbocycles. The number of nitrogens with zero attached hydrogens (tertiary/aromatic N) is 1. The van der Waals surface area contributed by atoms with Crippen LogP contribution in [0, 0.1) is 0 Å². The zero-order chi connectivity index (χ0) is 24.8. The molecule has 1 heterocycles. The van der Waals surface area contributed by atoms with Crippen molar-refractivity contribution in [2.45, 2.75) is 37.1 Å². The fourth-order valence-corrected chi connectivity index (χ4v) is 5.89. The first-order chi connectivity index (χ1) is 16.9. The van der Waals surface area contributed by atoms with E-state index in [0.717, 1.165) is 37.1 Å². The number of rotatable bonds is 9. The van der Waals surface area contributed by atoms with Crippen LogP contribution >= 0.6 is 0 Å². The third-order valence-corrected chi connectivity index (χ3v) is 7.91. The molecule has 0 bridgehead atoms. The Morgan fingerprint density at radius 3 is 2.37 bits per heavy atom. The topological polar surface area (TPSA) is 88.1 Å². The summed E-state index contributed by atoms with van der Waals surface area (Å²) in [5.41, 5.74) is 1.92. The van der Waals surface area contributed by atoms with Crippen molar-refractivity contribution >= 4 is 10.0 Å². The van der Waals surface area contributed by atoms with Gasteiger partial charge in [0, 0.05) is 13.1 Å². The summed E-state index contributed by atoms with van der Waals surface area (Å²) >= 11 is 0. The highest BCUT2D eigenvalue weighted by Crippen LogP contribution is 2.37. The fourth-order valence-electron chi connectivity index (χ4n) is 4.55. The number of aromatic hydroxyl groups is 1. The predicted molar refractivity (Wildman–Crippen MR) is 136 cm³/mol. The maximum atomic E-state index is 12.7. The second kappa shape index (κ2) is 11.1. The molecule has 3 aromatic rings. The van der Waals surface area contributed by atoms with Crippen LogP contribution in [0.2, 0.25) is 0 Å². The summed E-state index contributed by atoms with van der Waals surface area (Å²) in [6.07, 6.45) is 1.75. The third kappa shape index (κ3) is 5.96. The molecule has 0 radical (unpaired) electrons. The van der Waals surface area contributed by atoms with Crippen molar-refractivity contribution in [3.8, 4) is 23.0 Å². The Kier molecular flexibility index (Phi) is 7.95. The average Bonchev–Trinajstić information content (AvgIpc) is 2.87. The number of nitrogens with one attached hydrogen (secondary N) is 1. The summed E-state index contributed by atoms with van der Waals surface area (Å²) < 4.78 is 39.2. The summed E-state index contributed by atoms with van der Waals surface area (Å²) in [7, 11) is -1.92. The molecule has 1 aliphatic rings. The number of benzene rings is 3. The van der Waals surface area contributed by atoms with E-state index in [-0.39, 0.29) is 11.7 Å². The third-order valence-electron chi connectivity index (χ3n) is 6.29. The van der Waals surface area contributed by atoms with Gasteiger partial charge in [-0.25, -0.2) is 13.1 Å². The van der Waals surface area contributed by atoms with Crippen molar-refractivity contribution in [1.82, 2.24) is 9.62 Å². The molecular formula is C27H32N2O5S. The minimum Gasteiger partial charge on any atom is -0.504 e. The summed E-state index contributed by atoms with van der Waals surface area (Å²) in [6, 6.07) is 20.0. The molecule has 35 heavy (non-hydrogen) atoms. The van der Waals surface area contributed by atoms with Gasteiger partial charge < -0.3 is 14.6 Å². The molecule has 0 amide bonds. The molecule has 0 aromatic heterocycles. The van der Waals surface area contributed by atoms with Gasteiger partial charge in [-0.05, 0) is 73.3 Å².